The Hall–Kier alpha value is -2.43. The van der Waals surface area contributed by atoms with Crippen molar-refractivity contribution in [3.05, 3.63) is 46.9 Å². The molecule has 0 saturated carbocycles. The summed E-state index contributed by atoms with van der Waals surface area (Å²) in [5.41, 5.74) is 0.828. The average Bonchev–Trinajstić information content (AvgIpc) is 2.73. The van der Waals surface area contributed by atoms with E-state index in [0.717, 1.165) is 17.7 Å². The van der Waals surface area contributed by atoms with Crippen molar-refractivity contribution in [2.45, 2.75) is 32.9 Å². The Balaban J connectivity index is 2.11. The summed E-state index contributed by atoms with van der Waals surface area (Å²) in [6.07, 6.45) is 2.57. The fourth-order valence-electron chi connectivity index (χ4n) is 2.72. The highest BCUT2D eigenvalue weighted by molar-refractivity contribution is 5.95. The van der Waals surface area contributed by atoms with Crippen LogP contribution in [0.3, 0.4) is 0 Å². The zero-order chi connectivity index (χ0) is 15.2. The molecule has 110 valence electrons. The van der Waals surface area contributed by atoms with Crippen molar-refractivity contribution in [3.63, 3.8) is 0 Å². The predicted octanol–water partition coefficient (Wildman–Crippen LogP) is 3.04. The molecule has 5 heteroatoms. The lowest BCUT2D eigenvalue weighted by atomic mass is 9.98. The number of carbonyl (C=O) groups is 1. The van der Waals surface area contributed by atoms with Crippen molar-refractivity contribution >= 4 is 11.7 Å². The zero-order valence-electron chi connectivity index (χ0n) is 12.2. The summed E-state index contributed by atoms with van der Waals surface area (Å²) in [5, 5.41) is 13.1. The van der Waals surface area contributed by atoms with Gasteiger partial charge >= 0.3 is 5.97 Å². The van der Waals surface area contributed by atoms with Gasteiger partial charge in [-0.2, -0.15) is 0 Å². The van der Waals surface area contributed by atoms with E-state index in [0.29, 0.717) is 11.5 Å². The fourth-order valence-corrected chi connectivity index (χ4v) is 2.72. The highest BCUT2D eigenvalue weighted by Gasteiger charge is 2.49. The first-order chi connectivity index (χ1) is 9.95. The minimum absolute atomic E-state index is 0.0716. The molecule has 1 aromatic rings. The molecule has 1 spiro atoms. The molecule has 2 heterocycles. The van der Waals surface area contributed by atoms with Crippen LogP contribution in [0.4, 0.5) is 5.69 Å². The Kier molecular flexibility index (Phi) is 2.93. The minimum atomic E-state index is -1.20. The Morgan fingerprint density at radius 1 is 1.43 bits per heavy atom. The zero-order valence-corrected chi connectivity index (χ0v) is 12.2. The number of carbonyl (C=O) groups excluding carboxylic acids is 1. The van der Waals surface area contributed by atoms with Gasteiger partial charge in [-0.25, -0.2) is 4.79 Å². The van der Waals surface area contributed by atoms with Crippen LogP contribution in [0.5, 0.6) is 5.75 Å². The third-order valence-corrected chi connectivity index (χ3v) is 3.64. The molecule has 2 aliphatic rings. The number of fused-ring (bicyclic) bond motifs is 1. The van der Waals surface area contributed by atoms with Gasteiger partial charge in [0.25, 0.3) is 0 Å². The van der Waals surface area contributed by atoms with Gasteiger partial charge in [0, 0.05) is 6.08 Å². The van der Waals surface area contributed by atoms with Gasteiger partial charge in [0.15, 0.2) is 0 Å². The number of aryl methyl sites for hydroxylation is 1. The number of anilines is 1. The van der Waals surface area contributed by atoms with Crippen LogP contribution in [-0.2, 0) is 16.0 Å². The molecule has 0 unspecified atom stereocenters. The number of cyclic esters (lactones) is 1. The molecule has 3 rings (SSSR count). The Bertz CT molecular complexity index is 686. The van der Waals surface area contributed by atoms with Crippen LogP contribution < -0.4 is 10.1 Å². The maximum atomic E-state index is 12.1. The van der Waals surface area contributed by atoms with Crippen LogP contribution in [0.25, 0.3) is 0 Å². The molecule has 5 nitrogen and oxygen atoms in total. The van der Waals surface area contributed by atoms with E-state index < -0.39 is 11.7 Å². The monoisotopic (exact) mass is 287 g/mol. The number of esters is 1. The van der Waals surface area contributed by atoms with Crippen molar-refractivity contribution in [2.24, 2.45) is 0 Å². The number of hydrogen-bond donors (Lipinski definition) is 2. The maximum absolute atomic E-state index is 12.1. The van der Waals surface area contributed by atoms with Crippen molar-refractivity contribution in [3.8, 4) is 5.75 Å². The summed E-state index contributed by atoms with van der Waals surface area (Å²) in [6.45, 7) is 5.19. The summed E-state index contributed by atoms with van der Waals surface area (Å²) in [4.78, 5) is 12.1. The molecule has 0 aromatic heterocycles. The van der Waals surface area contributed by atoms with Gasteiger partial charge in [0.1, 0.15) is 22.8 Å². The van der Waals surface area contributed by atoms with Crippen LogP contribution in [0.1, 0.15) is 26.3 Å². The lowest BCUT2D eigenvalue weighted by Crippen LogP contribution is -2.47. The summed E-state index contributed by atoms with van der Waals surface area (Å²) < 4.78 is 11.0. The van der Waals surface area contributed by atoms with Crippen molar-refractivity contribution in [2.75, 3.05) is 5.32 Å². The van der Waals surface area contributed by atoms with E-state index in [-0.39, 0.29) is 11.3 Å². The number of ether oxygens (including phenoxy) is 2. The van der Waals surface area contributed by atoms with E-state index in [1.807, 2.05) is 18.2 Å². The fraction of sp³-hybridized carbons (Fsp3) is 0.312. The molecule has 1 atom stereocenters. The molecule has 0 bridgehead atoms. The summed E-state index contributed by atoms with van der Waals surface area (Å²) >= 11 is 0. The molecular weight excluding hydrogens is 270 g/mol. The standard InChI is InChI=1S/C16H17NO4/c1-4-11-5-6-13-12(7-11)17-16(21-13)8-9(2)20-15(19)14(16)10(3)18/h5-8,17-18H,4H2,1-3H3/t16-/m0/s1. The van der Waals surface area contributed by atoms with E-state index in [1.54, 1.807) is 13.0 Å². The van der Waals surface area contributed by atoms with Crippen LogP contribution >= 0.6 is 0 Å². The number of rotatable bonds is 1. The molecule has 1 aromatic carbocycles. The third kappa shape index (κ3) is 2.05. The molecular formula is C16H17NO4. The van der Waals surface area contributed by atoms with Gasteiger partial charge in [-0.05, 0) is 38.0 Å². The number of nitrogens with one attached hydrogen (secondary N) is 1. The number of aliphatic hydroxyl groups excluding tert-OH is 1. The first-order valence-corrected chi connectivity index (χ1v) is 6.87. The second-order valence-corrected chi connectivity index (χ2v) is 5.25. The SMILES string of the molecule is CCc1ccc2c(c1)N[C@@]1(C=C(C)OC(=O)C1=C(C)O)O2. The highest BCUT2D eigenvalue weighted by Crippen LogP contribution is 2.44. The number of allylic oxidation sites excluding steroid dienone is 2. The molecule has 0 amide bonds. The van der Waals surface area contributed by atoms with Gasteiger partial charge < -0.3 is 19.9 Å². The molecule has 0 radical (unpaired) electrons. The lowest BCUT2D eigenvalue weighted by molar-refractivity contribution is -0.138. The normalized spacial score (nSPS) is 25.7. The Morgan fingerprint density at radius 2 is 2.19 bits per heavy atom. The number of hydrogen-bond acceptors (Lipinski definition) is 5. The molecule has 0 aliphatic carbocycles. The van der Waals surface area contributed by atoms with E-state index in [2.05, 4.69) is 12.2 Å². The Labute approximate surface area is 122 Å². The van der Waals surface area contributed by atoms with Crippen LogP contribution in [0, 0.1) is 0 Å². The first kappa shape index (κ1) is 13.5. The molecule has 21 heavy (non-hydrogen) atoms. The van der Waals surface area contributed by atoms with Crippen LogP contribution in [-0.4, -0.2) is 16.8 Å². The van der Waals surface area contributed by atoms with Gasteiger partial charge in [-0.1, -0.05) is 13.0 Å². The molecule has 0 saturated heterocycles. The van der Waals surface area contributed by atoms with E-state index >= 15 is 0 Å². The predicted molar refractivity (Wildman–Crippen MR) is 78.0 cm³/mol. The topological polar surface area (TPSA) is 67.8 Å². The van der Waals surface area contributed by atoms with Crippen molar-refractivity contribution in [1.82, 2.24) is 0 Å². The summed E-state index contributed by atoms with van der Waals surface area (Å²) in [7, 11) is 0. The lowest BCUT2D eigenvalue weighted by Gasteiger charge is -2.31. The van der Waals surface area contributed by atoms with E-state index in [9.17, 15) is 9.90 Å². The second kappa shape index (κ2) is 4.55. The quantitative estimate of drug-likeness (QED) is 0.472. The number of benzene rings is 1. The van der Waals surface area contributed by atoms with Crippen molar-refractivity contribution < 1.29 is 19.4 Å². The molecule has 0 fully saturated rings. The smallest absolute Gasteiger partial charge is 0.349 e. The van der Waals surface area contributed by atoms with Crippen LogP contribution in [0.15, 0.2) is 41.4 Å². The largest absolute Gasteiger partial charge is 0.512 e. The van der Waals surface area contributed by atoms with Gasteiger partial charge in [0.2, 0.25) is 5.72 Å². The number of aliphatic hydroxyl groups is 1. The van der Waals surface area contributed by atoms with Gasteiger partial charge in [-0.3, -0.25) is 0 Å². The first-order valence-electron chi connectivity index (χ1n) is 6.87. The van der Waals surface area contributed by atoms with Gasteiger partial charge in [0.05, 0.1) is 5.69 Å². The van der Waals surface area contributed by atoms with Crippen LogP contribution in [0.2, 0.25) is 0 Å². The summed E-state index contributed by atoms with van der Waals surface area (Å²) in [5.74, 6) is 0.344. The minimum Gasteiger partial charge on any atom is -0.512 e. The van der Waals surface area contributed by atoms with Crippen molar-refractivity contribution in [1.29, 1.82) is 0 Å². The summed E-state index contributed by atoms with van der Waals surface area (Å²) in [6, 6.07) is 5.83. The van der Waals surface area contributed by atoms with E-state index in [4.69, 9.17) is 9.47 Å². The van der Waals surface area contributed by atoms with E-state index in [1.165, 1.54) is 6.92 Å². The average molecular weight is 287 g/mol. The molecule has 2 N–H and O–H groups in total. The maximum Gasteiger partial charge on any atom is 0.349 e. The highest BCUT2D eigenvalue weighted by atomic mass is 16.6. The second-order valence-electron chi connectivity index (χ2n) is 5.25. The molecule has 2 aliphatic heterocycles. The van der Waals surface area contributed by atoms with Gasteiger partial charge in [-0.15, -0.1) is 0 Å². The Morgan fingerprint density at radius 3 is 2.86 bits per heavy atom. The third-order valence-electron chi connectivity index (χ3n) is 3.64.